The van der Waals surface area contributed by atoms with Crippen LogP contribution in [0.4, 0.5) is 5.69 Å². The van der Waals surface area contributed by atoms with E-state index >= 15 is 0 Å². The molecule has 2 N–H and O–H groups in total. The number of piperidine rings is 1. The minimum Gasteiger partial charge on any atom is -0.507 e. The third-order valence-electron chi connectivity index (χ3n) is 6.38. The number of amides is 1. The van der Waals surface area contributed by atoms with E-state index < -0.39 is 5.91 Å². The van der Waals surface area contributed by atoms with Crippen molar-refractivity contribution in [2.75, 3.05) is 32.1 Å². The lowest BCUT2D eigenvalue weighted by Gasteiger charge is -2.28. The molecule has 3 aromatic rings. The molecular formula is C28H30N2O4. The number of ether oxygens (including phenoxy) is 1. The fraction of sp³-hybridized carbons (Fsp3) is 0.286. The third kappa shape index (κ3) is 5.83. The normalized spacial score (nSPS) is 14.5. The van der Waals surface area contributed by atoms with E-state index in [4.69, 9.17) is 4.74 Å². The molecule has 0 saturated carbocycles. The van der Waals surface area contributed by atoms with Gasteiger partial charge in [0.2, 0.25) is 0 Å². The van der Waals surface area contributed by atoms with E-state index in [1.807, 2.05) is 36.4 Å². The number of phenols is 1. The summed E-state index contributed by atoms with van der Waals surface area (Å²) in [6.07, 6.45) is 4.01. The molecule has 0 aliphatic carbocycles. The fourth-order valence-electron chi connectivity index (χ4n) is 4.25. The molecule has 6 heteroatoms. The molecule has 0 bridgehead atoms. The number of carbonyl (C=O) groups is 2. The van der Waals surface area contributed by atoms with Gasteiger partial charge in [-0.05, 0) is 86.8 Å². The lowest BCUT2D eigenvalue weighted by molar-refractivity contribution is 0.102. The predicted molar refractivity (Wildman–Crippen MR) is 134 cm³/mol. The lowest BCUT2D eigenvalue weighted by atomic mass is 9.94. The van der Waals surface area contributed by atoms with Gasteiger partial charge < -0.3 is 20.1 Å². The van der Waals surface area contributed by atoms with Gasteiger partial charge in [-0.2, -0.15) is 0 Å². The summed E-state index contributed by atoms with van der Waals surface area (Å²) in [5.41, 5.74) is 2.68. The summed E-state index contributed by atoms with van der Waals surface area (Å²) in [7, 11) is 2.14. The number of benzene rings is 3. The van der Waals surface area contributed by atoms with Crippen molar-refractivity contribution in [3.8, 4) is 22.6 Å². The summed E-state index contributed by atoms with van der Waals surface area (Å²) < 4.78 is 5.89. The number of phenolic OH excluding ortho intramolecular Hbond substituents is 1. The van der Waals surface area contributed by atoms with E-state index in [0.717, 1.165) is 30.6 Å². The van der Waals surface area contributed by atoms with Crippen LogP contribution in [0.25, 0.3) is 11.1 Å². The Bertz CT molecular complexity index is 1140. The summed E-state index contributed by atoms with van der Waals surface area (Å²) in [6, 6.07) is 19.6. The Hall–Kier alpha value is -3.64. The van der Waals surface area contributed by atoms with Crippen LogP contribution < -0.4 is 10.1 Å². The highest BCUT2D eigenvalue weighted by Gasteiger charge is 2.18. The zero-order chi connectivity index (χ0) is 23.9. The Kier molecular flexibility index (Phi) is 7.60. The average molecular weight is 459 g/mol. The third-order valence-corrected chi connectivity index (χ3v) is 6.38. The van der Waals surface area contributed by atoms with Crippen LogP contribution in [0.5, 0.6) is 11.5 Å². The Labute approximate surface area is 200 Å². The summed E-state index contributed by atoms with van der Waals surface area (Å²) in [6.45, 7) is 2.79. The van der Waals surface area contributed by atoms with E-state index in [0.29, 0.717) is 35.8 Å². The van der Waals surface area contributed by atoms with Gasteiger partial charge >= 0.3 is 0 Å². The first-order valence-electron chi connectivity index (χ1n) is 11.6. The Morgan fingerprint density at radius 2 is 1.82 bits per heavy atom. The number of carbonyl (C=O) groups excluding carboxylic acids is 2. The number of aromatic hydroxyl groups is 1. The van der Waals surface area contributed by atoms with Crippen molar-refractivity contribution in [3.05, 3.63) is 77.9 Å². The quantitative estimate of drug-likeness (QED) is 0.452. The van der Waals surface area contributed by atoms with Crippen molar-refractivity contribution in [2.24, 2.45) is 5.92 Å². The van der Waals surface area contributed by atoms with Crippen LogP contribution in [0.3, 0.4) is 0 Å². The highest BCUT2D eigenvalue weighted by atomic mass is 16.5. The average Bonchev–Trinajstić information content (AvgIpc) is 2.86. The van der Waals surface area contributed by atoms with E-state index in [1.165, 1.54) is 18.9 Å². The van der Waals surface area contributed by atoms with E-state index in [9.17, 15) is 14.7 Å². The van der Waals surface area contributed by atoms with Gasteiger partial charge in [-0.1, -0.05) is 36.4 Å². The molecule has 1 saturated heterocycles. The van der Waals surface area contributed by atoms with Gasteiger partial charge in [-0.25, -0.2) is 0 Å². The van der Waals surface area contributed by atoms with Crippen LogP contribution in [0.2, 0.25) is 0 Å². The van der Waals surface area contributed by atoms with Gasteiger partial charge in [0, 0.05) is 5.56 Å². The maximum absolute atomic E-state index is 13.0. The molecule has 0 aromatic heterocycles. The minimum absolute atomic E-state index is 0.0961. The molecule has 6 nitrogen and oxygen atoms in total. The lowest BCUT2D eigenvalue weighted by Crippen LogP contribution is -2.30. The molecule has 1 amide bonds. The number of nitrogens with zero attached hydrogens (tertiary/aromatic N) is 1. The van der Waals surface area contributed by atoms with Crippen LogP contribution in [-0.2, 0) is 0 Å². The first kappa shape index (κ1) is 23.5. The standard InChI is InChI=1S/C28H30N2O4/c1-30-14-11-20(12-15-30)13-16-34-24-9-10-27(32)25(18-24)28(33)29-26-17-22(7-8-23(26)19-31)21-5-3-2-4-6-21/h2-10,17-20,32H,11-16H2,1H3,(H,29,33). The maximum atomic E-state index is 13.0. The first-order chi connectivity index (χ1) is 16.5. The van der Waals surface area contributed by atoms with Crippen molar-refractivity contribution < 1.29 is 19.4 Å². The molecule has 1 aliphatic rings. The largest absolute Gasteiger partial charge is 0.507 e. The zero-order valence-corrected chi connectivity index (χ0v) is 19.4. The minimum atomic E-state index is -0.508. The molecule has 0 unspecified atom stereocenters. The second kappa shape index (κ2) is 11.0. The van der Waals surface area contributed by atoms with Crippen LogP contribution in [0, 0.1) is 5.92 Å². The predicted octanol–water partition coefficient (Wildman–Crippen LogP) is 5.23. The van der Waals surface area contributed by atoms with Crippen LogP contribution >= 0.6 is 0 Å². The molecule has 34 heavy (non-hydrogen) atoms. The van der Waals surface area contributed by atoms with Crippen LogP contribution in [0.15, 0.2) is 66.7 Å². The molecule has 3 aromatic carbocycles. The highest BCUT2D eigenvalue weighted by Crippen LogP contribution is 2.28. The number of hydrogen-bond acceptors (Lipinski definition) is 5. The number of aldehydes is 1. The topological polar surface area (TPSA) is 78.9 Å². The van der Waals surface area contributed by atoms with Crippen molar-refractivity contribution in [1.82, 2.24) is 4.90 Å². The molecular weight excluding hydrogens is 428 g/mol. The molecule has 0 atom stereocenters. The van der Waals surface area contributed by atoms with E-state index in [1.54, 1.807) is 24.3 Å². The monoisotopic (exact) mass is 458 g/mol. The summed E-state index contributed by atoms with van der Waals surface area (Å²) in [5, 5.41) is 13.1. The molecule has 176 valence electrons. The van der Waals surface area contributed by atoms with Gasteiger partial charge in [0.05, 0.1) is 17.9 Å². The summed E-state index contributed by atoms with van der Waals surface area (Å²) in [4.78, 5) is 26.9. The molecule has 1 heterocycles. The molecule has 0 radical (unpaired) electrons. The fourth-order valence-corrected chi connectivity index (χ4v) is 4.25. The van der Waals surface area contributed by atoms with Crippen molar-refractivity contribution in [2.45, 2.75) is 19.3 Å². The second-order valence-electron chi connectivity index (χ2n) is 8.80. The highest BCUT2D eigenvalue weighted by molar-refractivity contribution is 6.08. The summed E-state index contributed by atoms with van der Waals surface area (Å²) in [5.74, 6) is 0.526. The molecule has 0 spiro atoms. The first-order valence-corrected chi connectivity index (χ1v) is 11.6. The van der Waals surface area contributed by atoms with Gasteiger partial charge in [0.15, 0.2) is 6.29 Å². The van der Waals surface area contributed by atoms with E-state index in [2.05, 4.69) is 17.3 Å². The maximum Gasteiger partial charge on any atom is 0.259 e. The Balaban J connectivity index is 1.45. The number of rotatable bonds is 8. The Morgan fingerprint density at radius 3 is 2.56 bits per heavy atom. The van der Waals surface area contributed by atoms with Gasteiger partial charge in [0.25, 0.3) is 5.91 Å². The smallest absolute Gasteiger partial charge is 0.259 e. The number of anilines is 1. The van der Waals surface area contributed by atoms with Crippen molar-refractivity contribution in [3.63, 3.8) is 0 Å². The van der Waals surface area contributed by atoms with Gasteiger partial charge in [-0.3, -0.25) is 9.59 Å². The van der Waals surface area contributed by atoms with Crippen LogP contribution in [-0.4, -0.2) is 48.9 Å². The van der Waals surface area contributed by atoms with Gasteiger partial charge in [0.1, 0.15) is 11.5 Å². The van der Waals surface area contributed by atoms with Crippen molar-refractivity contribution >= 4 is 17.9 Å². The number of likely N-dealkylation sites (tertiary alicyclic amines) is 1. The molecule has 4 rings (SSSR count). The second-order valence-corrected chi connectivity index (χ2v) is 8.80. The zero-order valence-electron chi connectivity index (χ0n) is 19.4. The number of nitrogens with one attached hydrogen (secondary N) is 1. The Morgan fingerprint density at radius 1 is 1.06 bits per heavy atom. The van der Waals surface area contributed by atoms with Crippen LogP contribution in [0.1, 0.15) is 40.0 Å². The summed E-state index contributed by atoms with van der Waals surface area (Å²) >= 11 is 0. The number of hydrogen-bond donors (Lipinski definition) is 2. The molecule has 1 fully saturated rings. The van der Waals surface area contributed by atoms with E-state index in [-0.39, 0.29) is 11.3 Å². The molecule has 1 aliphatic heterocycles. The SMILES string of the molecule is CN1CCC(CCOc2ccc(O)c(C(=O)Nc3cc(-c4ccccc4)ccc3C=O)c2)CC1. The van der Waals surface area contributed by atoms with Gasteiger partial charge in [-0.15, -0.1) is 0 Å². The van der Waals surface area contributed by atoms with Crippen molar-refractivity contribution in [1.29, 1.82) is 0 Å².